The van der Waals surface area contributed by atoms with Crippen LogP contribution in [0.3, 0.4) is 0 Å². The Hall–Kier alpha value is -0.820. The predicted molar refractivity (Wildman–Crippen MR) is 80.0 cm³/mol. The number of rotatable bonds is 4. The highest BCUT2D eigenvalue weighted by Crippen LogP contribution is 2.30. The standard InChI is InChI=1S/C13H15Cl2NO4S/c1-2-20-13(17)12-4-3-7-16(12)21(18,19)9-5-6-10(14)11(15)8-9/h5-6,8,12H,2-4,7H2,1H3. The van der Waals surface area contributed by atoms with Crippen LogP contribution in [0.5, 0.6) is 0 Å². The monoisotopic (exact) mass is 351 g/mol. The third-order valence-electron chi connectivity index (χ3n) is 3.26. The molecule has 0 radical (unpaired) electrons. The number of ether oxygens (including phenoxy) is 1. The number of benzene rings is 1. The van der Waals surface area contributed by atoms with Crippen molar-refractivity contribution in [1.29, 1.82) is 0 Å². The highest BCUT2D eigenvalue weighted by Gasteiger charge is 2.40. The predicted octanol–water partition coefficient (Wildman–Crippen LogP) is 2.71. The van der Waals surface area contributed by atoms with Crippen LogP contribution in [0.25, 0.3) is 0 Å². The van der Waals surface area contributed by atoms with E-state index in [4.69, 9.17) is 27.9 Å². The molecular weight excluding hydrogens is 337 g/mol. The Bertz CT molecular complexity index is 648. The van der Waals surface area contributed by atoms with Gasteiger partial charge in [0.2, 0.25) is 10.0 Å². The minimum atomic E-state index is -3.80. The quantitative estimate of drug-likeness (QED) is 0.782. The average molecular weight is 352 g/mol. The fourth-order valence-electron chi connectivity index (χ4n) is 2.27. The zero-order valence-electron chi connectivity index (χ0n) is 11.4. The van der Waals surface area contributed by atoms with E-state index < -0.39 is 22.0 Å². The molecule has 1 heterocycles. The van der Waals surface area contributed by atoms with Gasteiger partial charge < -0.3 is 4.74 Å². The largest absolute Gasteiger partial charge is 0.465 e. The molecule has 1 atom stereocenters. The molecule has 0 aromatic heterocycles. The molecule has 0 bridgehead atoms. The van der Waals surface area contributed by atoms with E-state index >= 15 is 0 Å². The van der Waals surface area contributed by atoms with Crippen molar-refractivity contribution < 1.29 is 17.9 Å². The van der Waals surface area contributed by atoms with Crippen molar-refractivity contribution in [2.45, 2.75) is 30.7 Å². The summed E-state index contributed by atoms with van der Waals surface area (Å²) < 4.78 is 31.4. The van der Waals surface area contributed by atoms with Crippen molar-refractivity contribution in [3.63, 3.8) is 0 Å². The minimum Gasteiger partial charge on any atom is -0.465 e. The molecule has 1 fully saturated rings. The molecule has 8 heteroatoms. The molecule has 1 saturated heterocycles. The molecule has 0 N–H and O–H groups in total. The number of halogens is 2. The Balaban J connectivity index is 2.33. The van der Waals surface area contributed by atoms with E-state index in [2.05, 4.69) is 0 Å². The second kappa shape index (κ2) is 6.52. The number of esters is 1. The summed E-state index contributed by atoms with van der Waals surface area (Å²) in [5.41, 5.74) is 0. The Morgan fingerprint density at radius 2 is 2.10 bits per heavy atom. The highest BCUT2D eigenvalue weighted by atomic mass is 35.5. The highest BCUT2D eigenvalue weighted by molar-refractivity contribution is 7.89. The Morgan fingerprint density at radius 3 is 2.71 bits per heavy atom. The summed E-state index contributed by atoms with van der Waals surface area (Å²) in [5, 5.41) is 0.434. The molecule has 1 aliphatic heterocycles. The van der Waals surface area contributed by atoms with Gasteiger partial charge in [0.1, 0.15) is 6.04 Å². The number of sulfonamides is 1. The molecule has 116 valence electrons. The lowest BCUT2D eigenvalue weighted by Gasteiger charge is -2.22. The van der Waals surface area contributed by atoms with E-state index in [1.54, 1.807) is 6.92 Å². The molecule has 1 unspecified atom stereocenters. The fraction of sp³-hybridized carbons (Fsp3) is 0.462. The molecule has 1 aromatic carbocycles. The van der Waals surface area contributed by atoms with Crippen LogP contribution in [0, 0.1) is 0 Å². The second-order valence-electron chi connectivity index (χ2n) is 4.60. The van der Waals surface area contributed by atoms with Gasteiger partial charge in [-0.3, -0.25) is 4.79 Å². The van der Waals surface area contributed by atoms with Crippen molar-refractivity contribution in [2.75, 3.05) is 13.2 Å². The van der Waals surface area contributed by atoms with E-state index in [-0.39, 0.29) is 28.1 Å². The van der Waals surface area contributed by atoms with Crippen LogP contribution in [0.1, 0.15) is 19.8 Å². The van der Waals surface area contributed by atoms with Gasteiger partial charge >= 0.3 is 5.97 Å². The van der Waals surface area contributed by atoms with E-state index in [1.807, 2.05) is 0 Å². The normalized spacial score (nSPS) is 19.7. The van der Waals surface area contributed by atoms with E-state index in [0.29, 0.717) is 12.8 Å². The molecular formula is C13H15Cl2NO4S. The van der Waals surface area contributed by atoms with Crippen LogP contribution < -0.4 is 0 Å². The van der Waals surface area contributed by atoms with Crippen molar-refractivity contribution in [1.82, 2.24) is 4.31 Å². The number of hydrogen-bond donors (Lipinski definition) is 0. The molecule has 0 spiro atoms. The summed E-state index contributed by atoms with van der Waals surface area (Å²) in [6.07, 6.45) is 1.07. The van der Waals surface area contributed by atoms with E-state index in [1.165, 1.54) is 22.5 Å². The maximum absolute atomic E-state index is 12.6. The van der Waals surface area contributed by atoms with Crippen LogP contribution >= 0.6 is 23.2 Å². The zero-order valence-corrected chi connectivity index (χ0v) is 13.7. The SMILES string of the molecule is CCOC(=O)C1CCCN1S(=O)(=O)c1ccc(Cl)c(Cl)c1. The summed E-state index contributed by atoms with van der Waals surface area (Å²) >= 11 is 11.7. The summed E-state index contributed by atoms with van der Waals surface area (Å²) in [4.78, 5) is 11.9. The van der Waals surface area contributed by atoms with Crippen LogP contribution in [0.4, 0.5) is 0 Å². The number of carbonyl (C=O) groups excluding carboxylic acids is 1. The first kappa shape index (κ1) is 16.5. The zero-order chi connectivity index (χ0) is 15.6. The number of hydrogen-bond acceptors (Lipinski definition) is 4. The maximum atomic E-state index is 12.6. The minimum absolute atomic E-state index is 0.0214. The summed E-state index contributed by atoms with van der Waals surface area (Å²) in [5.74, 6) is -0.515. The van der Waals surface area contributed by atoms with E-state index in [0.717, 1.165) is 0 Å². The van der Waals surface area contributed by atoms with Crippen LogP contribution in [-0.2, 0) is 19.6 Å². The van der Waals surface area contributed by atoms with Crippen molar-refractivity contribution in [2.24, 2.45) is 0 Å². The molecule has 0 amide bonds. The van der Waals surface area contributed by atoms with Gasteiger partial charge in [-0.1, -0.05) is 23.2 Å². The fourth-order valence-corrected chi connectivity index (χ4v) is 4.31. The van der Waals surface area contributed by atoms with Gasteiger partial charge in [-0.15, -0.1) is 0 Å². The lowest BCUT2D eigenvalue weighted by molar-refractivity contribution is -0.146. The molecule has 2 rings (SSSR count). The summed E-state index contributed by atoms with van der Waals surface area (Å²) in [6, 6.07) is 3.32. The van der Waals surface area contributed by atoms with E-state index in [9.17, 15) is 13.2 Å². The first-order valence-electron chi connectivity index (χ1n) is 6.51. The number of carbonyl (C=O) groups is 1. The van der Waals surface area contributed by atoms with Gasteiger partial charge in [-0.25, -0.2) is 8.42 Å². The van der Waals surface area contributed by atoms with Crippen molar-refractivity contribution >= 4 is 39.2 Å². The maximum Gasteiger partial charge on any atom is 0.324 e. The first-order valence-corrected chi connectivity index (χ1v) is 8.71. The summed E-state index contributed by atoms with van der Waals surface area (Å²) in [7, 11) is -3.80. The lowest BCUT2D eigenvalue weighted by atomic mass is 10.2. The second-order valence-corrected chi connectivity index (χ2v) is 7.31. The van der Waals surface area contributed by atoms with Crippen molar-refractivity contribution in [3.8, 4) is 0 Å². The molecule has 0 aliphatic carbocycles. The number of nitrogens with zero attached hydrogens (tertiary/aromatic N) is 1. The van der Waals surface area contributed by atoms with Gasteiger partial charge in [0.25, 0.3) is 0 Å². The van der Waals surface area contributed by atoms with Gasteiger partial charge in [0, 0.05) is 6.54 Å². The summed E-state index contributed by atoms with van der Waals surface area (Å²) in [6.45, 7) is 2.19. The molecule has 0 saturated carbocycles. The topological polar surface area (TPSA) is 63.7 Å². The third-order valence-corrected chi connectivity index (χ3v) is 5.90. The van der Waals surface area contributed by atoms with Crippen LogP contribution in [0.2, 0.25) is 10.0 Å². The van der Waals surface area contributed by atoms with Gasteiger partial charge in [0.15, 0.2) is 0 Å². The smallest absolute Gasteiger partial charge is 0.324 e. The molecule has 5 nitrogen and oxygen atoms in total. The Labute approximate surface area is 133 Å². The Kier molecular flexibility index (Phi) is 5.14. The lowest BCUT2D eigenvalue weighted by Crippen LogP contribution is -2.41. The Morgan fingerprint density at radius 1 is 1.38 bits per heavy atom. The average Bonchev–Trinajstić information content (AvgIpc) is 2.92. The third kappa shape index (κ3) is 3.34. The molecule has 1 aromatic rings. The van der Waals surface area contributed by atoms with Gasteiger partial charge in [-0.05, 0) is 38.0 Å². The van der Waals surface area contributed by atoms with Gasteiger partial charge in [0.05, 0.1) is 21.5 Å². The van der Waals surface area contributed by atoms with Crippen LogP contribution in [0.15, 0.2) is 23.1 Å². The van der Waals surface area contributed by atoms with Crippen molar-refractivity contribution in [3.05, 3.63) is 28.2 Å². The molecule has 21 heavy (non-hydrogen) atoms. The molecule has 1 aliphatic rings. The first-order chi connectivity index (χ1) is 9.87. The van der Waals surface area contributed by atoms with Gasteiger partial charge in [-0.2, -0.15) is 4.31 Å². The van der Waals surface area contributed by atoms with Crippen LogP contribution in [-0.4, -0.2) is 37.9 Å².